The molecule has 20 heavy (non-hydrogen) atoms. The van der Waals surface area contributed by atoms with Crippen LogP contribution in [-0.4, -0.2) is 63.4 Å². The fraction of sp³-hybridized carbons (Fsp3) is 0.714. The lowest BCUT2D eigenvalue weighted by molar-refractivity contribution is -0.132. The summed E-state index contributed by atoms with van der Waals surface area (Å²) < 4.78 is 1.73. The van der Waals surface area contributed by atoms with Crippen molar-refractivity contribution in [3.8, 4) is 0 Å². The number of likely N-dealkylation sites (tertiary alicyclic amines) is 1. The van der Waals surface area contributed by atoms with Crippen molar-refractivity contribution in [2.24, 2.45) is 13.0 Å². The number of likely N-dealkylation sites (N-methyl/N-ethyl adjacent to an activating group) is 1. The number of hydrogen-bond acceptors (Lipinski definition) is 4. The summed E-state index contributed by atoms with van der Waals surface area (Å²) in [6, 6.07) is 0. The first kappa shape index (κ1) is 15.0. The van der Waals surface area contributed by atoms with Crippen LogP contribution in [0, 0.1) is 5.92 Å². The number of carbonyl (C=O) groups is 1. The molecule has 2 atom stereocenters. The zero-order valence-corrected chi connectivity index (χ0v) is 12.5. The van der Waals surface area contributed by atoms with Crippen molar-refractivity contribution in [1.29, 1.82) is 0 Å². The molecule has 1 amide bonds. The molecule has 0 radical (unpaired) electrons. The van der Waals surface area contributed by atoms with Gasteiger partial charge >= 0.3 is 0 Å². The van der Waals surface area contributed by atoms with E-state index in [0.717, 1.165) is 18.5 Å². The quantitative estimate of drug-likeness (QED) is 0.848. The van der Waals surface area contributed by atoms with Gasteiger partial charge in [-0.15, -0.1) is 0 Å². The second-order valence-electron chi connectivity index (χ2n) is 5.84. The van der Waals surface area contributed by atoms with Crippen molar-refractivity contribution in [3.05, 3.63) is 18.0 Å². The third-order valence-corrected chi connectivity index (χ3v) is 3.97. The zero-order chi connectivity index (χ0) is 14.7. The van der Waals surface area contributed by atoms with Crippen LogP contribution in [0.1, 0.15) is 18.9 Å². The second kappa shape index (κ2) is 6.37. The topological polar surface area (TPSA) is 61.6 Å². The Morgan fingerprint density at radius 3 is 2.95 bits per heavy atom. The van der Waals surface area contributed by atoms with Gasteiger partial charge < -0.3 is 10.0 Å². The number of carbonyl (C=O) groups excluding carboxylic acids is 1. The Labute approximate surface area is 120 Å². The highest BCUT2D eigenvalue weighted by Crippen LogP contribution is 2.16. The largest absolute Gasteiger partial charge is 0.392 e. The Kier molecular flexibility index (Phi) is 4.77. The molecular weight excluding hydrogens is 256 g/mol. The smallest absolute Gasteiger partial charge is 0.236 e. The molecule has 1 aromatic rings. The predicted octanol–water partition coefficient (Wildman–Crippen LogP) is 0.0812. The van der Waals surface area contributed by atoms with Crippen molar-refractivity contribution >= 4 is 5.91 Å². The molecule has 2 unspecified atom stereocenters. The fourth-order valence-corrected chi connectivity index (χ4v) is 2.49. The molecule has 0 aliphatic carbocycles. The van der Waals surface area contributed by atoms with Crippen molar-refractivity contribution in [2.45, 2.75) is 26.0 Å². The molecule has 0 saturated carbocycles. The maximum absolute atomic E-state index is 12.2. The van der Waals surface area contributed by atoms with E-state index in [1.54, 1.807) is 22.8 Å². The number of aryl methyl sites for hydroxylation is 1. The van der Waals surface area contributed by atoms with Crippen molar-refractivity contribution in [3.63, 3.8) is 0 Å². The van der Waals surface area contributed by atoms with Crippen LogP contribution in [0.2, 0.25) is 0 Å². The molecule has 1 saturated heterocycles. The summed E-state index contributed by atoms with van der Waals surface area (Å²) in [5.41, 5.74) is 1.02. The van der Waals surface area contributed by atoms with Crippen LogP contribution in [-0.2, 0) is 18.4 Å². The molecule has 1 N–H and O–H groups in total. The molecule has 1 aliphatic heterocycles. The van der Waals surface area contributed by atoms with Gasteiger partial charge in [-0.25, -0.2) is 0 Å². The summed E-state index contributed by atoms with van der Waals surface area (Å²) in [5, 5.41) is 14.0. The third kappa shape index (κ3) is 3.80. The second-order valence-corrected chi connectivity index (χ2v) is 5.84. The van der Waals surface area contributed by atoms with Gasteiger partial charge in [-0.05, 0) is 18.9 Å². The van der Waals surface area contributed by atoms with Gasteiger partial charge in [0.25, 0.3) is 0 Å². The van der Waals surface area contributed by atoms with Crippen LogP contribution >= 0.6 is 0 Å². The van der Waals surface area contributed by atoms with Crippen LogP contribution in [0.4, 0.5) is 0 Å². The molecule has 112 valence electrons. The average Bonchev–Trinajstić information content (AvgIpc) is 2.79. The molecule has 1 aromatic heterocycles. The van der Waals surface area contributed by atoms with Gasteiger partial charge in [0.2, 0.25) is 5.91 Å². The van der Waals surface area contributed by atoms with E-state index in [4.69, 9.17) is 0 Å². The van der Waals surface area contributed by atoms with Gasteiger partial charge in [0.05, 0.1) is 18.8 Å². The Balaban J connectivity index is 1.82. The van der Waals surface area contributed by atoms with Crippen molar-refractivity contribution in [1.82, 2.24) is 19.6 Å². The Bertz CT molecular complexity index is 460. The van der Waals surface area contributed by atoms with Gasteiger partial charge in [0.15, 0.2) is 0 Å². The molecule has 0 aromatic carbocycles. The van der Waals surface area contributed by atoms with Gasteiger partial charge in [-0.2, -0.15) is 5.10 Å². The number of nitrogens with zero attached hydrogens (tertiary/aromatic N) is 4. The van der Waals surface area contributed by atoms with E-state index in [9.17, 15) is 9.90 Å². The van der Waals surface area contributed by atoms with E-state index >= 15 is 0 Å². The van der Waals surface area contributed by atoms with E-state index in [2.05, 4.69) is 12.0 Å². The first-order valence-corrected chi connectivity index (χ1v) is 7.07. The summed E-state index contributed by atoms with van der Waals surface area (Å²) in [7, 11) is 3.67. The standard InChI is InChI=1S/C14H24N4O2/c1-11-4-5-18(9-13(11)19)10-14(20)16(2)7-12-6-15-17(3)8-12/h6,8,11,13,19H,4-5,7,9-10H2,1-3H3. The van der Waals surface area contributed by atoms with E-state index in [1.807, 2.05) is 18.1 Å². The van der Waals surface area contributed by atoms with Crippen molar-refractivity contribution in [2.75, 3.05) is 26.7 Å². The Hall–Kier alpha value is -1.40. The number of hydrogen-bond donors (Lipinski definition) is 1. The number of amides is 1. The van der Waals surface area contributed by atoms with E-state index in [-0.39, 0.29) is 12.0 Å². The molecule has 0 bridgehead atoms. The predicted molar refractivity (Wildman–Crippen MR) is 75.9 cm³/mol. The Morgan fingerprint density at radius 2 is 2.35 bits per heavy atom. The van der Waals surface area contributed by atoms with E-state index < -0.39 is 0 Å². The fourth-order valence-electron chi connectivity index (χ4n) is 2.49. The molecule has 1 fully saturated rings. The minimum atomic E-state index is -0.319. The van der Waals surface area contributed by atoms with Gasteiger partial charge in [0, 0.05) is 38.9 Å². The number of β-amino-alcohol motifs (C(OH)–C–C–N with tert-alkyl or cyclic N) is 1. The highest BCUT2D eigenvalue weighted by molar-refractivity contribution is 5.78. The lowest BCUT2D eigenvalue weighted by atomic mass is 9.96. The average molecular weight is 280 g/mol. The maximum atomic E-state index is 12.2. The number of aromatic nitrogens is 2. The van der Waals surface area contributed by atoms with E-state index in [1.165, 1.54) is 0 Å². The molecule has 1 aliphatic rings. The Morgan fingerprint density at radius 1 is 1.60 bits per heavy atom. The SMILES string of the molecule is CC1CCN(CC(=O)N(C)Cc2cnn(C)c2)CC1O. The number of aliphatic hydroxyl groups excluding tert-OH is 1. The van der Waals surface area contributed by atoms with Crippen LogP contribution in [0.5, 0.6) is 0 Å². The molecule has 6 nitrogen and oxygen atoms in total. The normalized spacial score (nSPS) is 23.8. The lowest BCUT2D eigenvalue weighted by Crippen LogP contribution is -2.47. The number of piperidine rings is 1. The molecule has 0 spiro atoms. The summed E-state index contributed by atoms with van der Waals surface area (Å²) >= 11 is 0. The first-order valence-electron chi connectivity index (χ1n) is 7.07. The summed E-state index contributed by atoms with van der Waals surface area (Å²) in [6.45, 7) is 4.47. The van der Waals surface area contributed by atoms with Crippen LogP contribution in [0.15, 0.2) is 12.4 Å². The highest BCUT2D eigenvalue weighted by Gasteiger charge is 2.26. The zero-order valence-electron chi connectivity index (χ0n) is 12.5. The molecule has 6 heteroatoms. The first-order chi connectivity index (χ1) is 9.45. The van der Waals surface area contributed by atoms with Gasteiger partial charge in [0.1, 0.15) is 0 Å². The van der Waals surface area contributed by atoms with E-state index in [0.29, 0.717) is 25.6 Å². The van der Waals surface area contributed by atoms with Crippen LogP contribution in [0.25, 0.3) is 0 Å². The highest BCUT2D eigenvalue weighted by atomic mass is 16.3. The molecular formula is C14H24N4O2. The molecule has 2 rings (SSSR count). The van der Waals surface area contributed by atoms with Crippen molar-refractivity contribution < 1.29 is 9.90 Å². The molecule has 2 heterocycles. The van der Waals surface area contributed by atoms with Gasteiger partial charge in [-0.1, -0.05) is 6.92 Å². The van der Waals surface area contributed by atoms with Crippen LogP contribution in [0.3, 0.4) is 0 Å². The van der Waals surface area contributed by atoms with Gasteiger partial charge in [-0.3, -0.25) is 14.4 Å². The summed E-state index contributed by atoms with van der Waals surface area (Å²) in [4.78, 5) is 15.9. The minimum Gasteiger partial charge on any atom is -0.392 e. The number of rotatable bonds is 4. The van der Waals surface area contributed by atoms with Crippen LogP contribution < -0.4 is 0 Å². The number of aliphatic hydroxyl groups is 1. The summed E-state index contributed by atoms with van der Waals surface area (Å²) in [6.07, 6.45) is 4.31. The monoisotopic (exact) mass is 280 g/mol. The maximum Gasteiger partial charge on any atom is 0.236 e. The third-order valence-electron chi connectivity index (χ3n) is 3.97. The lowest BCUT2D eigenvalue weighted by Gasteiger charge is -2.34. The summed E-state index contributed by atoms with van der Waals surface area (Å²) in [5.74, 6) is 0.407. The minimum absolute atomic E-state index is 0.0793.